The Kier molecular flexibility index (Phi) is 2.72. The topological polar surface area (TPSA) is 26.0 Å². The number of hydrogen-bond donors (Lipinski definition) is 1. The zero-order valence-electron chi connectivity index (χ0n) is 8.90. The van der Waals surface area contributed by atoms with E-state index >= 15 is 0 Å². The molecule has 0 bridgehead atoms. The molecule has 0 radical (unpaired) electrons. The van der Waals surface area contributed by atoms with Gasteiger partial charge >= 0.3 is 0 Å². The quantitative estimate of drug-likeness (QED) is 0.735. The third kappa shape index (κ3) is 2.38. The van der Waals surface area contributed by atoms with Gasteiger partial charge in [-0.15, -0.1) is 0 Å². The summed E-state index contributed by atoms with van der Waals surface area (Å²) in [5.41, 5.74) is 10.5. The van der Waals surface area contributed by atoms with E-state index in [0.717, 1.165) is 12.1 Å². The van der Waals surface area contributed by atoms with E-state index in [1.807, 2.05) is 12.1 Å². The molecule has 76 valence electrons. The largest absolute Gasteiger partial charge is 0.399 e. The summed E-state index contributed by atoms with van der Waals surface area (Å²) in [6.45, 7) is 2.15. The molecule has 0 aliphatic carbocycles. The molecule has 2 aromatic carbocycles. The van der Waals surface area contributed by atoms with E-state index in [1.165, 1.54) is 16.7 Å². The summed E-state index contributed by atoms with van der Waals surface area (Å²) in [7, 11) is 0. The molecule has 0 aromatic heterocycles. The highest BCUT2D eigenvalue weighted by Gasteiger charge is 1.98. The van der Waals surface area contributed by atoms with Crippen LogP contribution in [0.25, 0.3) is 0 Å². The molecule has 2 aromatic rings. The molecule has 1 nitrogen and oxygen atoms in total. The average Bonchev–Trinajstić information content (AvgIpc) is 2.25. The van der Waals surface area contributed by atoms with E-state index in [-0.39, 0.29) is 0 Å². The van der Waals surface area contributed by atoms with Crippen molar-refractivity contribution < 1.29 is 0 Å². The Bertz CT molecular complexity index is 443. The smallest absolute Gasteiger partial charge is 0.0314 e. The highest BCUT2D eigenvalue weighted by Crippen LogP contribution is 2.14. The van der Waals surface area contributed by atoms with Gasteiger partial charge in [0.1, 0.15) is 0 Å². The van der Waals surface area contributed by atoms with Crippen LogP contribution < -0.4 is 5.73 Å². The van der Waals surface area contributed by atoms with E-state index in [0.29, 0.717) is 0 Å². The summed E-state index contributed by atoms with van der Waals surface area (Å²) in [5, 5.41) is 0. The maximum Gasteiger partial charge on any atom is 0.0314 e. The van der Waals surface area contributed by atoms with Gasteiger partial charge in [0, 0.05) is 5.69 Å². The lowest BCUT2D eigenvalue weighted by Crippen LogP contribution is -1.92. The van der Waals surface area contributed by atoms with Crippen LogP contribution in [0.1, 0.15) is 16.7 Å². The van der Waals surface area contributed by atoms with Crippen molar-refractivity contribution in [2.24, 2.45) is 0 Å². The van der Waals surface area contributed by atoms with Crippen molar-refractivity contribution in [2.45, 2.75) is 13.3 Å². The lowest BCUT2D eigenvalue weighted by Gasteiger charge is -2.05. The molecule has 0 unspecified atom stereocenters. The number of aryl methyl sites for hydroxylation is 1. The van der Waals surface area contributed by atoms with Gasteiger partial charge in [-0.3, -0.25) is 0 Å². The Morgan fingerprint density at radius 2 is 1.60 bits per heavy atom. The second kappa shape index (κ2) is 4.18. The molecule has 0 saturated heterocycles. The number of rotatable bonds is 2. The van der Waals surface area contributed by atoms with Crippen LogP contribution in [-0.4, -0.2) is 0 Å². The molecule has 2 rings (SSSR count). The summed E-state index contributed by atoms with van der Waals surface area (Å²) in [4.78, 5) is 0. The van der Waals surface area contributed by atoms with Crippen molar-refractivity contribution in [2.75, 3.05) is 5.73 Å². The van der Waals surface area contributed by atoms with Gasteiger partial charge in [-0.1, -0.05) is 36.4 Å². The van der Waals surface area contributed by atoms with Crippen LogP contribution in [0.3, 0.4) is 0 Å². The van der Waals surface area contributed by atoms with Crippen molar-refractivity contribution in [3.05, 3.63) is 65.2 Å². The van der Waals surface area contributed by atoms with Crippen LogP contribution in [0.5, 0.6) is 0 Å². The molecule has 0 aliphatic heterocycles. The molecule has 1 heteroatoms. The van der Waals surface area contributed by atoms with Crippen LogP contribution in [0.2, 0.25) is 0 Å². The molecule has 0 heterocycles. The lowest BCUT2D eigenvalue weighted by atomic mass is 10.0. The van der Waals surface area contributed by atoms with E-state index < -0.39 is 0 Å². The van der Waals surface area contributed by atoms with Gasteiger partial charge < -0.3 is 5.73 Å². The number of benzene rings is 2. The zero-order valence-corrected chi connectivity index (χ0v) is 8.90. The third-order valence-electron chi connectivity index (χ3n) is 2.64. The number of nitrogen functional groups attached to an aromatic ring is 1. The summed E-state index contributed by atoms with van der Waals surface area (Å²) >= 11 is 0. The van der Waals surface area contributed by atoms with Crippen molar-refractivity contribution in [3.63, 3.8) is 0 Å². The molecule has 0 aliphatic rings. The summed E-state index contributed by atoms with van der Waals surface area (Å²) in [6, 6.07) is 16.5. The minimum Gasteiger partial charge on any atom is -0.399 e. The van der Waals surface area contributed by atoms with Gasteiger partial charge in [-0.05, 0) is 42.2 Å². The standard InChI is InChI=1S/C14H15N/c1-11-4-2-3-5-13(11)10-12-6-8-14(15)9-7-12/h2-9H,10,15H2,1H3. The van der Waals surface area contributed by atoms with Gasteiger partial charge in [-0.2, -0.15) is 0 Å². The maximum atomic E-state index is 5.65. The van der Waals surface area contributed by atoms with Gasteiger partial charge in [0.2, 0.25) is 0 Å². The monoisotopic (exact) mass is 197 g/mol. The Morgan fingerprint density at radius 3 is 2.27 bits per heavy atom. The highest BCUT2D eigenvalue weighted by molar-refractivity contribution is 5.41. The van der Waals surface area contributed by atoms with Crippen molar-refractivity contribution in [3.8, 4) is 0 Å². The predicted molar refractivity (Wildman–Crippen MR) is 64.8 cm³/mol. The molecular weight excluding hydrogens is 182 g/mol. The molecule has 0 spiro atoms. The predicted octanol–water partition coefficient (Wildman–Crippen LogP) is 3.17. The van der Waals surface area contributed by atoms with Gasteiger partial charge in [0.05, 0.1) is 0 Å². The fourth-order valence-corrected chi connectivity index (χ4v) is 1.66. The summed E-state index contributed by atoms with van der Waals surface area (Å²) < 4.78 is 0. The Balaban J connectivity index is 2.22. The first kappa shape index (κ1) is 9.78. The zero-order chi connectivity index (χ0) is 10.7. The second-order valence-electron chi connectivity index (χ2n) is 3.84. The lowest BCUT2D eigenvalue weighted by molar-refractivity contribution is 1.16. The van der Waals surface area contributed by atoms with Crippen molar-refractivity contribution >= 4 is 5.69 Å². The summed E-state index contributed by atoms with van der Waals surface area (Å²) in [6.07, 6.45) is 0.979. The van der Waals surface area contributed by atoms with E-state index in [9.17, 15) is 0 Å². The Hall–Kier alpha value is -1.76. The highest BCUT2D eigenvalue weighted by atomic mass is 14.5. The number of anilines is 1. The van der Waals surface area contributed by atoms with Crippen LogP contribution in [0.4, 0.5) is 5.69 Å². The van der Waals surface area contributed by atoms with E-state index in [4.69, 9.17) is 5.73 Å². The minimum absolute atomic E-state index is 0.823. The third-order valence-corrected chi connectivity index (χ3v) is 2.64. The first-order valence-corrected chi connectivity index (χ1v) is 5.14. The summed E-state index contributed by atoms with van der Waals surface area (Å²) in [5.74, 6) is 0. The SMILES string of the molecule is Cc1ccccc1Cc1ccc(N)cc1. The van der Waals surface area contributed by atoms with Gasteiger partial charge in [0.25, 0.3) is 0 Å². The maximum absolute atomic E-state index is 5.65. The Labute approximate surface area is 90.6 Å². The van der Waals surface area contributed by atoms with Gasteiger partial charge in [-0.25, -0.2) is 0 Å². The number of nitrogens with two attached hydrogens (primary N) is 1. The molecule has 15 heavy (non-hydrogen) atoms. The average molecular weight is 197 g/mol. The van der Waals surface area contributed by atoms with Crippen LogP contribution >= 0.6 is 0 Å². The molecular formula is C14H15N. The molecule has 0 fully saturated rings. The normalized spacial score (nSPS) is 10.2. The Morgan fingerprint density at radius 1 is 0.933 bits per heavy atom. The fraction of sp³-hybridized carbons (Fsp3) is 0.143. The van der Waals surface area contributed by atoms with Crippen molar-refractivity contribution in [1.82, 2.24) is 0 Å². The molecule has 0 atom stereocenters. The first-order valence-electron chi connectivity index (χ1n) is 5.14. The molecule has 0 amide bonds. The fourth-order valence-electron chi connectivity index (χ4n) is 1.66. The minimum atomic E-state index is 0.823. The number of hydrogen-bond acceptors (Lipinski definition) is 1. The molecule has 2 N–H and O–H groups in total. The van der Waals surface area contributed by atoms with Gasteiger partial charge in [0.15, 0.2) is 0 Å². The van der Waals surface area contributed by atoms with Crippen LogP contribution in [0.15, 0.2) is 48.5 Å². The van der Waals surface area contributed by atoms with E-state index in [2.05, 4.69) is 43.3 Å². The molecule has 0 saturated carbocycles. The second-order valence-corrected chi connectivity index (χ2v) is 3.84. The van der Waals surface area contributed by atoms with Crippen LogP contribution in [-0.2, 0) is 6.42 Å². The van der Waals surface area contributed by atoms with Crippen molar-refractivity contribution in [1.29, 1.82) is 0 Å². The first-order chi connectivity index (χ1) is 7.25. The van der Waals surface area contributed by atoms with Crippen LogP contribution in [0, 0.1) is 6.92 Å². The van der Waals surface area contributed by atoms with E-state index in [1.54, 1.807) is 0 Å².